The van der Waals surface area contributed by atoms with E-state index >= 15 is 0 Å². The fourth-order valence-electron chi connectivity index (χ4n) is 4.28. The average Bonchev–Trinajstić information content (AvgIpc) is 3.12. The summed E-state index contributed by atoms with van der Waals surface area (Å²) >= 11 is 0. The second-order valence-electron chi connectivity index (χ2n) is 8.74. The number of amides is 1. The van der Waals surface area contributed by atoms with Crippen LogP contribution in [0, 0.1) is 26.7 Å². The Morgan fingerprint density at radius 2 is 1.81 bits per heavy atom. The van der Waals surface area contributed by atoms with Crippen molar-refractivity contribution in [2.75, 3.05) is 18.0 Å². The Morgan fingerprint density at radius 3 is 2.45 bits per heavy atom. The first-order valence-electron chi connectivity index (χ1n) is 11.2. The second kappa shape index (κ2) is 8.65. The van der Waals surface area contributed by atoms with Gasteiger partial charge in [-0.15, -0.1) is 5.10 Å². The third kappa shape index (κ3) is 4.13. The van der Waals surface area contributed by atoms with Crippen molar-refractivity contribution < 1.29 is 4.79 Å². The largest absolute Gasteiger partial charge is 0.353 e. The van der Waals surface area contributed by atoms with Crippen molar-refractivity contribution in [3.63, 3.8) is 0 Å². The molecule has 1 saturated heterocycles. The van der Waals surface area contributed by atoms with Gasteiger partial charge in [-0.25, -0.2) is 4.68 Å². The van der Waals surface area contributed by atoms with E-state index in [1.807, 2.05) is 11.6 Å². The summed E-state index contributed by atoms with van der Waals surface area (Å²) < 4.78 is 1.98. The summed E-state index contributed by atoms with van der Waals surface area (Å²) in [6, 6.07) is 8.60. The molecule has 1 aromatic carbocycles. The Balaban J connectivity index is 1.61. The summed E-state index contributed by atoms with van der Waals surface area (Å²) in [6.45, 7) is 11.9. The van der Waals surface area contributed by atoms with Crippen molar-refractivity contribution in [1.29, 1.82) is 0 Å². The van der Waals surface area contributed by atoms with Crippen LogP contribution in [0.4, 0.5) is 5.82 Å². The molecule has 1 fully saturated rings. The third-order valence-corrected chi connectivity index (χ3v) is 6.43. The molecule has 1 aliphatic rings. The van der Waals surface area contributed by atoms with Crippen LogP contribution in [-0.2, 0) is 4.79 Å². The number of piperidine rings is 1. The van der Waals surface area contributed by atoms with Gasteiger partial charge >= 0.3 is 0 Å². The maximum absolute atomic E-state index is 12.5. The second-order valence-corrected chi connectivity index (χ2v) is 8.74. The molecule has 1 atom stereocenters. The van der Waals surface area contributed by atoms with Gasteiger partial charge in [-0.2, -0.15) is 10.2 Å². The third-order valence-electron chi connectivity index (χ3n) is 6.43. The highest BCUT2D eigenvalue weighted by atomic mass is 16.1. The molecule has 3 aromatic rings. The van der Waals surface area contributed by atoms with Crippen LogP contribution < -0.4 is 10.2 Å². The van der Waals surface area contributed by atoms with Crippen LogP contribution in [0.5, 0.6) is 0 Å². The summed E-state index contributed by atoms with van der Waals surface area (Å²) in [7, 11) is 0. The predicted molar refractivity (Wildman–Crippen MR) is 124 cm³/mol. The van der Waals surface area contributed by atoms with E-state index in [0.29, 0.717) is 0 Å². The lowest BCUT2D eigenvalue weighted by molar-refractivity contribution is -0.126. The minimum Gasteiger partial charge on any atom is -0.353 e. The first kappa shape index (κ1) is 21.3. The van der Waals surface area contributed by atoms with Gasteiger partial charge in [-0.05, 0) is 59.1 Å². The van der Waals surface area contributed by atoms with Crippen molar-refractivity contribution in [3.8, 4) is 5.69 Å². The Hall–Kier alpha value is -2.96. The van der Waals surface area contributed by atoms with Crippen LogP contribution in [0.2, 0.25) is 0 Å². The lowest BCUT2D eigenvalue weighted by atomic mass is 9.95. The number of hydrogen-bond donors (Lipinski definition) is 1. The summed E-state index contributed by atoms with van der Waals surface area (Å²) in [5, 5.41) is 18.1. The number of nitrogens with zero attached hydrogens (tertiary/aromatic N) is 5. The molecular weight excluding hydrogens is 388 g/mol. The SMILES string of the molecule is CC[C@@H](C)NC(=O)C1CCN(c2nnc(C)c3c(C)n(-c4ccc(C)cc4)nc23)CC1. The monoisotopic (exact) mass is 420 g/mol. The highest BCUT2D eigenvalue weighted by Gasteiger charge is 2.28. The quantitative estimate of drug-likeness (QED) is 0.678. The number of rotatable bonds is 5. The van der Waals surface area contributed by atoms with E-state index in [-0.39, 0.29) is 17.9 Å². The molecule has 1 amide bonds. The molecule has 0 saturated carbocycles. The molecule has 0 unspecified atom stereocenters. The standard InChI is InChI=1S/C24H32N6O/c1-6-16(3)25-24(31)19-11-13-29(14-12-19)23-22-21(17(4)26-27-23)18(5)30(28-22)20-9-7-15(2)8-10-20/h7-10,16,19H,6,11-14H2,1-5H3,(H,25,31)/t16-/m1/s1. The van der Waals surface area contributed by atoms with Gasteiger partial charge < -0.3 is 10.2 Å². The van der Waals surface area contributed by atoms with E-state index in [0.717, 1.165) is 66.1 Å². The number of carbonyl (C=O) groups excluding carboxylic acids is 1. The Kier molecular flexibility index (Phi) is 5.94. The van der Waals surface area contributed by atoms with Gasteiger partial charge in [0.25, 0.3) is 0 Å². The van der Waals surface area contributed by atoms with Gasteiger partial charge in [0.15, 0.2) is 5.82 Å². The van der Waals surface area contributed by atoms with Crippen LogP contribution in [0.25, 0.3) is 16.6 Å². The molecule has 0 aliphatic carbocycles. The first-order chi connectivity index (χ1) is 14.9. The average molecular weight is 421 g/mol. The van der Waals surface area contributed by atoms with E-state index in [1.165, 1.54) is 5.56 Å². The molecule has 7 heteroatoms. The number of carbonyl (C=O) groups is 1. The molecule has 3 heterocycles. The van der Waals surface area contributed by atoms with Gasteiger partial charge in [0.1, 0.15) is 5.52 Å². The fraction of sp³-hybridized carbons (Fsp3) is 0.500. The summed E-state index contributed by atoms with van der Waals surface area (Å²) in [6.07, 6.45) is 2.58. The van der Waals surface area contributed by atoms with Crippen LogP contribution in [-0.4, -0.2) is 45.0 Å². The molecule has 0 spiro atoms. The van der Waals surface area contributed by atoms with E-state index in [1.54, 1.807) is 0 Å². The summed E-state index contributed by atoms with van der Waals surface area (Å²) in [5.74, 6) is 1.05. The molecule has 0 bridgehead atoms. The van der Waals surface area contributed by atoms with Crippen LogP contribution in [0.1, 0.15) is 50.1 Å². The molecule has 31 heavy (non-hydrogen) atoms. The van der Waals surface area contributed by atoms with Crippen molar-refractivity contribution >= 4 is 22.6 Å². The minimum atomic E-state index is 0.0611. The number of benzene rings is 1. The van der Waals surface area contributed by atoms with Gasteiger partial charge in [0.2, 0.25) is 5.91 Å². The number of fused-ring (bicyclic) bond motifs is 1. The van der Waals surface area contributed by atoms with Gasteiger partial charge in [0, 0.05) is 25.0 Å². The Bertz CT molecular complexity index is 1080. The van der Waals surface area contributed by atoms with Crippen LogP contribution in [0.15, 0.2) is 24.3 Å². The van der Waals surface area contributed by atoms with Crippen LogP contribution in [0.3, 0.4) is 0 Å². The van der Waals surface area contributed by atoms with Crippen molar-refractivity contribution in [1.82, 2.24) is 25.3 Å². The Morgan fingerprint density at radius 1 is 1.13 bits per heavy atom. The van der Waals surface area contributed by atoms with E-state index in [4.69, 9.17) is 5.10 Å². The zero-order valence-electron chi connectivity index (χ0n) is 19.1. The number of anilines is 1. The zero-order chi connectivity index (χ0) is 22.1. The van der Waals surface area contributed by atoms with E-state index < -0.39 is 0 Å². The first-order valence-corrected chi connectivity index (χ1v) is 11.2. The van der Waals surface area contributed by atoms with E-state index in [2.05, 4.69) is 72.4 Å². The topological polar surface area (TPSA) is 75.9 Å². The maximum Gasteiger partial charge on any atom is 0.223 e. The summed E-state index contributed by atoms with van der Waals surface area (Å²) in [4.78, 5) is 14.8. The minimum absolute atomic E-state index is 0.0611. The normalized spacial score (nSPS) is 16.0. The molecule has 7 nitrogen and oxygen atoms in total. The number of aryl methyl sites for hydroxylation is 3. The van der Waals surface area contributed by atoms with Crippen molar-refractivity contribution in [2.24, 2.45) is 5.92 Å². The molecule has 4 rings (SSSR count). The van der Waals surface area contributed by atoms with Gasteiger partial charge in [-0.1, -0.05) is 24.6 Å². The van der Waals surface area contributed by atoms with Crippen LogP contribution >= 0.6 is 0 Å². The number of hydrogen-bond acceptors (Lipinski definition) is 5. The lowest BCUT2D eigenvalue weighted by Crippen LogP contribution is -2.43. The van der Waals surface area contributed by atoms with Gasteiger partial charge in [0.05, 0.1) is 22.5 Å². The summed E-state index contributed by atoms with van der Waals surface area (Å²) in [5.41, 5.74) is 5.09. The number of aromatic nitrogens is 4. The highest BCUT2D eigenvalue weighted by Crippen LogP contribution is 2.31. The number of nitrogens with one attached hydrogen (secondary N) is 1. The fourth-order valence-corrected chi connectivity index (χ4v) is 4.28. The zero-order valence-corrected chi connectivity index (χ0v) is 19.1. The maximum atomic E-state index is 12.5. The molecular formula is C24H32N6O. The molecule has 2 aromatic heterocycles. The molecule has 1 N–H and O–H groups in total. The molecule has 164 valence electrons. The smallest absolute Gasteiger partial charge is 0.223 e. The Labute approximate surface area is 183 Å². The van der Waals surface area contributed by atoms with Crippen molar-refractivity contribution in [2.45, 2.75) is 59.9 Å². The lowest BCUT2D eigenvalue weighted by Gasteiger charge is -2.32. The highest BCUT2D eigenvalue weighted by molar-refractivity contribution is 5.92. The molecule has 0 radical (unpaired) electrons. The molecule has 1 aliphatic heterocycles. The van der Waals surface area contributed by atoms with E-state index in [9.17, 15) is 4.79 Å². The van der Waals surface area contributed by atoms with Crippen molar-refractivity contribution in [3.05, 3.63) is 41.2 Å². The van der Waals surface area contributed by atoms with Gasteiger partial charge in [-0.3, -0.25) is 4.79 Å². The predicted octanol–water partition coefficient (Wildman–Crippen LogP) is 3.87.